The zero-order chi connectivity index (χ0) is 18.4. The fraction of sp³-hybridized carbons (Fsp3) is 0.0435. The van der Waals surface area contributed by atoms with E-state index in [1.54, 1.807) is 6.20 Å². The second kappa shape index (κ2) is 5.95. The van der Waals surface area contributed by atoms with E-state index in [0.29, 0.717) is 5.56 Å². The van der Waals surface area contributed by atoms with Crippen LogP contribution in [0.5, 0.6) is 0 Å². The topological polar surface area (TPSA) is 55.0 Å². The molecule has 4 nitrogen and oxygen atoms in total. The number of fused-ring (bicyclic) bond motifs is 5. The second-order valence-corrected chi connectivity index (χ2v) is 6.48. The molecule has 0 aliphatic carbocycles. The lowest BCUT2D eigenvalue weighted by atomic mass is 9.96. The maximum atomic E-state index is 12.0. The average Bonchev–Trinajstić information content (AvgIpc) is 3.13. The Hall–Kier alpha value is -3.66. The summed E-state index contributed by atoms with van der Waals surface area (Å²) in [5.74, 6) is -0.371. The Bertz CT molecular complexity index is 1320. The molecule has 0 saturated carbocycles. The highest BCUT2D eigenvalue weighted by Crippen LogP contribution is 2.38. The summed E-state index contributed by atoms with van der Waals surface area (Å²) >= 11 is 0. The molecule has 0 aliphatic heterocycles. The van der Waals surface area contributed by atoms with Crippen molar-refractivity contribution in [2.45, 2.75) is 0 Å². The number of nitrogens with zero attached hydrogens (tertiary/aromatic N) is 1. The maximum absolute atomic E-state index is 12.0. The molecule has 4 heteroatoms. The van der Waals surface area contributed by atoms with Crippen LogP contribution in [-0.2, 0) is 4.74 Å². The number of carbonyl (C=O) groups excluding carboxylic acids is 1. The second-order valence-electron chi connectivity index (χ2n) is 6.48. The molecule has 0 spiro atoms. The Morgan fingerprint density at radius 2 is 1.74 bits per heavy atom. The molecule has 27 heavy (non-hydrogen) atoms. The van der Waals surface area contributed by atoms with E-state index >= 15 is 0 Å². The summed E-state index contributed by atoms with van der Waals surface area (Å²) in [5.41, 5.74) is 5.49. The molecule has 2 aromatic heterocycles. The van der Waals surface area contributed by atoms with Crippen LogP contribution < -0.4 is 0 Å². The highest BCUT2D eigenvalue weighted by molar-refractivity contribution is 6.22. The Labute approximate surface area is 155 Å². The Morgan fingerprint density at radius 1 is 0.963 bits per heavy atom. The molecular formula is C23H16N2O2. The molecule has 0 aliphatic rings. The van der Waals surface area contributed by atoms with Crippen molar-refractivity contribution >= 4 is 38.7 Å². The molecule has 1 N–H and O–H groups in total. The van der Waals surface area contributed by atoms with Crippen molar-refractivity contribution in [2.24, 2.45) is 0 Å². The van der Waals surface area contributed by atoms with E-state index in [9.17, 15) is 4.79 Å². The third-order valence-corrected chi connectivity index (χ3v) is 4.93. The summed E-state index contributed by atoms with van der Waals surface area (Å²) in [7, 11) is 1.38. The van der Waals surface area contributed by atoms with E-state index in [0.717, 1.165) is 43.8 Å². The zero-order valence-electron chi connectivity index (χ0n) is 14.7. The lowest BCUT2D eigenvalue weighted by Gasteiger charge is -2.09. The highest BCUT2D eigenvalue weighted by Gasteiger charge is 2.16. The van der Waals surface area contributed by atoms with Crippen LogP contribution in [0.3, 0.4) is 0 Å². The Morgan fingerprint density at radius 3 is 2.56 bits per heavy atom. The van der Waals surface area contributed by atoms with Gasteiger partial charge in [-0.1, -0.05) is 48.5 Å². The van der Waals surface area contributed by atoms with Gasteiger partial charge in [-0.25, -0.2) is 9.78 Å². The largest absolute Gasteiger partial charge is 0.465 e. The SMILES string of the molecule is COC(=O)c1c[nH]c2cc(-c3ccccc3)c3c4ccccc4nc3c2c1. The summed E-state index contributed by atoms with van der Waals surface area (Å²) in [5, 5.41) is 3.11. The van der Waals surface area contributed by atoms with Crippen LogP contribution in [0.4, 0.5) is 0 Å². The smallest absolute Gasteiger partial charge is 0.339 e. The predicted molar refractivity (Wildman–Crippen MR) is 108 cm³/mol. The van der Waals surface area contributed by atoms with Gasteiger partial charge in [0.25, 0.3) is 0 Å². The van der Waals surface area contributed by atoms with Crippen molar-refractivity contribution in [2.75, 3.05) is 7.11 Å². The molecule has 5 aromatic rings. The van der Waals surface area contributed by atoms with Crippen molar-refractivity contribution in [1.29, 1.82) is 0 Å². The minimum atomic E-state index is -0.371. The summed E-state index contributed by atoms with van der Waals surface area (Å²) < 4.78 is 4.87. The van der Waals surface area contributed by atoms with Gasteiger partial charge in [0, 0.05) is 27.9 Å². The molecule has 2 heterocycles. The molecule has 5 rings (SSSR count). The molecule has 0 radical (unpaired) electrons. The van der Waals surface area contributed by atoms with Crippen molar-refractivity contribution in [3.8, 4) is 11.1 Å². The monoisotopic (exact) mass is 352 g/mol. The van der Waals surface area contributed by atoms with E-state index in [4.69, 9.17) is 9.72 Å². The number of H-pyrrole nitrogens is 1. The quantitative estimate of drug-likeness (QED) is 0.437. The van der Waals surface area contributed by atoms with Crippen LogP contribution in [0.25, 0.3) is 43.8 Å². The normalized spacial score (nSPS) is 11.3. The number of methoxy groups -OCH3 is 1. The fourth-order valence-corrected chi connectivity index (χ4v) is 3.68. The Kier molecular flexibility index (Phi) is 3.44. The number of aromatic nitrogens is 2. The van der Waals surface area contributed by atoms with Crippen LogP contribution in [0.1, 0.15) is 10.4 Å². The van der Waals surface area contributed by atoms with Gasteiger partial charge in [-0.05, 0) is 29.3 Å². The van der Waals surface area contributed by atoms with Gasteiger partial charge >= 0.3 is 5.97 Å². The van der Waals surface area contributed by atoms with Crippen molar-refractivity contribution in [3.63, 3.8) is 0 Å². The van der Waals surface area contributed by atoms with E-state index < -0.39 is 0 Å². The van der Waals surface area contributed by atoms with Crippen molar-refractivity contribution in [3.05, 3.63) is 78.5 Å². The number of carbonyl (C=O) groups is 1. The molecule has 3 aromatic carbocycles. The van der Waals surface area contributed by atoms with Crippen LogP contribution in [-0.4, -0.2) is 23.0 Å². The van der Waals surface area contributed by atoms with Gasteiger partial charge < -0.3 is 9.72 Å². The molecule has 130 valence electrons. The lowest BCUT2D eigenvalue weighted by molar-refractivity contribution is 0.0600. The third-order valence-electron chi connectivity index (χ3n) is 4.93. The predicted octanol–water partition coefficient (Wildman–Crippen LogP) is 5.32. The van der Waals surface area contributed by atoms with Gasteiger partial charge in [-0.3, -0.25) is 0 Å². The van der Waals surface area contributed by atoms with E-state index in [-0.39, 0.29) is 5.97 Å². The van der Waals surface area contributed by atoms with E-state index in [1.165, 1.54) is 7.11 Å². The summed E-state index contributed by atoms with van der Waals surface area (Å²) in [6.45, 7) is 0. The number of aromatic amines is 1. The van der Waals surface area contributed by atoms with Gasteiger partial charge in [0.15, 0.2) is 0 Å². The molecule has 0 atom stereocenters. The third kappa shape index (κ3) is 2.38. The minimum absolute atomic E-state index is 0.371. The van der Waals surface area contributed by atoms with Crippen LogP contribution in [0.15, 0.2) is 72.9 Å². The first-order chi connectivity index (χ1) is 13.3. The fourth-order valence-electron chi connectivity index (χ4n) is 3.68. The van der Waals surface area contributed by atoms with Crippen molar-refractivity contribution in [1.82, 2.24) is 9.97 Å². The first kappa shape index (κ1) is 15.6. The highest BCUT2D eigenvalue weighted by atomic mass is 16.5. The molecule has 0 saturated heterocycles. The Balaban J connectivity index is 1.96. The molecule has 0 amide bonds. The van der Waals surface area contributed by atoms with Crippen LogP contribution in [0, 0.1) is 0 Å². The first-order valence-electron chi connectivity index (χ1n) is 8.73. The number of rotatable bonds is 2. The molecule has 0 unspecified atom stereocenters. The zero-order valence-corrected chi connectivity index (χ0v) is 14.7. The molecule has 0 bridgehead atoms. The van der Waals surface area contributed by atoms with Gasteiger partial charge in [-0.15, -0.1) is 0 Å². The number of ether oxygens (including phenoxy) is 1. The summed E-state index contributed by atoms with van der Waals surface area (Å²) in [6.07, 6.45) is 1.68. The maximum Gasteiger partial charge on any atom is 0.339 e. The summed E-state index contributed by atoms with van der Waals surface area (Å²) in [4.78, 5) is 20.1. The van der Waals surface area contributed by atoms with E-state index in [1.807, 2.05) is 42.5 Å². The first-order valence-corrected chi connectivity index (χ1v) is 8.73. The number of pyridine rings is 1. The van der Waals surface area contributed by atoms with Gasteiger partial charge in [-0.2, -0.15) is 0 Å². The number of hydrogen-bond donors (Lipinski definition) is 1. The van der Waals surface area contributed by atoms with Gasteiger partial charge in [0.2, 0.25) is 0 Å². The standard InChI is InChI=1S/C23H16N2O2/c1-27-23(26)15-11-18-20(24-13-15)12-17(14-7-3-2-4-8-14)21-16-9-5-6-10-19(16)25-22(18)21/h2-13,24H,1H3. The van der Waals surface area contributed by atoms with Crippen LogP contribution in [0.2, 0.25) is 0 Å². The average molecular weight is 352 g/mol. The minimum Gasteiger partial charge on any atom is -0.465 e. The van der Waals surface area contributed by atoms with Crippen LogP contribution >= 0.6 is 0 Å². The number of para-hydroxylation sites is 1. The summed E-state index contributed by atoms with van der Waals surface area (Å²) in [6, 6.07) is 22.4. The van der Waals surface area contributed by atoms with Gasteiger partial charge in [0.1, 0.15) is 0 Å². The molecular weight excluding hydrogens is 336 g/mol. The lowest BCUT2D eigenvalue weighted by Crippen LogP contribution is -2.01. The number of nitrogens with one attached hydrogen (secondary N) is 1. The van der Waals surface area contributed by atoms with Crippen molar-refractivity contribution < 1.29 is 9.53 Å². The number of hydrogen-bond acceptors (Lipinski definition) is 3. The van der Waals surface area contributed by atoms with Gasteiger partial charge in [0.05, 0.1) is 23.7 Å². The van der Waals surface area contributed by atoms with E-state index in [2.05, 4.69) is 29.2 Å². The molecule has 0 fully saturated rings. The number of esters is 1. The number of benzene rings is 3.